The summed E-state index contributed by atoms with van der Waals surface area (Å²) in [5.41, 5.74) is 3.27. The van der Waals surface area contributed by atoms with Gasteiger partial charge in [-0.25, -0.2) is 0 Å². The quantitative estimate of drug-likeness (QED) is 0.265. The van der Waals surface area contributed by atoms with Crippen molar-refractivity contribution in [2.24, 2.45) is 0 Å². The smallest absolute Gasteiger partial charge is 0.270 e. The second-order valence-electron chi connectivity index (χ2n) is 7.19. The van der Waals surface area contributed by atoms with Gasteiger partial charge in [-0.15, -0.1) is 0 Å². The van der Waals surface area contributed by atoms with E-state index in [1.54, 1.807) is 30.3 Å². The number of carboxylic acid groups (broad SMARTS) is 1. The minimum atomic E-state index is -1.23. The number of aromatic carboxylic acids is 1. The minimum absolute atomic E-state index is 0.0844. The van der Waals surface area contributed by atoms with Crippen LogP contribution in [0.2, 0.25) is 0 Å². The molecule has 0 atom stereocenters. The van der Waals surface area contributed by atoms with E-state index in [1.165, 1.54) is 18.2 Å². The molecule has 0 saturated carbocycles. The molecule has 0 unspecified atom stereocenters. The Bertz CT molecular complexity index is 1430. The number of nitrogens with zero attached hydrogens (tertiary/aromatic N) is 3. The number of carbonyl (C=O) groups is 1. The van der Waals surface area contributed by atoms with Crippen molar-refractivity contribution in [3.8, 4) is 6.07 Å². The van der Waals surface area contributed by atoms with Gasteiger partial charge in [0, 0.05) is 41.3 Å². The number of hydrogen-bond acceptors (Lipinski definition) is 5. The fourth-order valence-electron chi connectivity index (χ4n) is 3.64. The third-order valence-corrected chi connectivity index (χ3v) is 5.12. The molecule has 1 aromatic heterocycles. The Morgan fingerprint density at radius 2 is 1.78 bits per heavy atom. The average Bonchev–Trinajstić information content (AvgIpc) is 3.14. The average molecular weight is 422 g/mol. The Balaban J connectivity index is 1.78. The van der Waals surface area contributed by atoms with E-state index in [1.807, 2.05) is 41.1 Å². The van der Waals surface area contributed by atoms with Gasteiger partial charge in [-0.05, 0) is 34.9 Å². The van der Waals surface area contributed by atoms with Gasteiger partial charge in [0.25, 0.3) is 5.69 Å². The van der Waals surface area contributed by atoms with Crippen molar-refractivity contribution in [2.75, 3.05) is 0 Å². The second-order valence-corrected chi connectivity index (χ2v) is 7.19. The summed E-state index contributed by atoms with van der Waals surface area (Å²) in [4.78, 5) is 21.8. The maximum absolute atomic E-state index is 11.2. The second kappa shape index (κ2) is 8.58. The summed E-state index contributed by atoms with van der Waals surface area (Å²) < 4.78 is 1.97. The molecule has 1 heterocycles. The molecule has 0 aliphatic carbocycles. The number of nitriles is 1. The molecular formula is C25H16N3O4-. The first-order valence-electron chi connectivity index (χ1n) is 9.71. The number of carbonyl (C=O) groups excluding carboxylic acids is 1. The van der Waals surface area contributed by atoms with Crippen molar-refractivity contribution in [1.82, 2.24) is 4.57 Å². The van der Waals surface area contributed by atoms with Gasteiger partial charge in [0.15, 0.2) is 0 Å². The van der Waals surface area contributed by atoms with Crippen molar-refractivity contribution in [2.45, 2.75) is 6.54 Å². The molecular weight excluding hydrogens is 406 g/mol. The molecule has 0 aliphatic heterocycles. The lowest BCUT2D eigenvalue weighted by atomic mass is 10.0. The van der Waals surface area contributed by atoms with Crippen LogP contribution in [-0.2, 0) is 6.54 Å². The molecule has 7 nitrogen and oxygen atoms in total. The summed E-state index contributed by atoms with van der Waals surface area (Å²) in [6.45, 7) is 0.425. The molecule has 0 aliphatic rings. The van der Waals surface area contributed by atoms with Crippen LogP contribution in [0, 0.1) is 21.4 Å². The molecule has 156 valence electrons. The Labute approximate surface area is 183 Å². The highest BCUT2D eigenvalue weighted by Gasteiger charge is 2.12. The zero-order chi connectivity index (χ0) is 22.7. The van der Waals surface area contributed by atoms with Crippen LogP contribution in [0.3, 0.4) is 0 Å². The largest absolute Gasteiger partial charge is 0.545 e. The molecule has 3 aromatic carbocycles. The number of allylic oxidation sites excluding steroid dienone is 1. The summed E-state index contributed by atoms with van der Waals surface area (Å²) in [5.74, 6) is -1.23. The van der Waals surface area contributed by atoms with E-state index in [0.29, 0.717) is 17.7 Å². The van der Waals surface area contributed by atoms with Crippen LogP contribution >= 0.6 is 0 Å². The summed E-state index contributed by atoms with van der Waals surface area (Å²) in [7, 11) is 0. The Hall–Kier alpha value is -4.70. The van der Waals surface area contributed by atoms with Crippen LogP contribution in [0.4, 0.5) is 5.69 Å². The molecule has 0 amide bonds. The molecule has 0 fully saturated rings. The first kappa shape index (κ1) is 20.6. The van der Waals surface area contributed by atoms with Gasteiger partial charge in [-0.1, -0.05) is 48.5 Å². The van der Waals surface area contributed by atoms with Crippen LogP contribution in [0.1, 0.15) is 27.0 Å². The zero-order valence-corrected chi connectivity index (χ0v) is 16.8. The summed E-state index contributed by atoms with van der Waals surface area (Å²) >= 11 is 0. The molecule has 7 heteroatoms. The molecule has 32 heavy (non-hydrogen) atoms. The van der Waals surface area contributed by atoms with E-state index in [9.17, 15) is 25.3 Å². The van der Waals surface area contributed by atoms with E-state index in [-0.39, 0.29) is 11.3 Å². The number of hydrogen-bond donors (Lipinski definition) is 0. The maximum atomic E-state index is 11.2. The number of rotatable bonds is 6. The van der Waals surface area contributed by atoms with Crippen molar-refractivity contribution >= 4 is 34.2 Å². The van der Waals surface area contributed by atoms with Gasteiger partial charge in [0.1, 0.15) is 0 Å². The lowest BCUT2D eigenvalue weighted by molar-refractivity contribution is -0.384. The minimum Gasteiger partial charge on any atom is -0.545 e. The number of benzene rings is 3. The third-order valence-electron chi connectivity index (χ3n) is 5.12. The van der Waals surface area contributed by atoms with E-state index < -0.39 is 10.9 Å². The van der Waals surface area contributed by atoms with Crippen LogP contribution in [0.15, 0.2) is 79.0 Å². The number of nitro benzene ring substituents is 1. The third kappa shape index (κ3) is 4.11. The van der Waals surface area contributed by atoms with Crippen LogP contribution in [0.25, 0.3) is 22.6 Å². The topological polar surface area (TPSA) is 112 Å². The summed E-state index contributed by atoms with van der Waals surface area (Å²) in [6, 6.07) is 22.3. The highest BCUT2D eigenvalue weighted by atomic mass is 16.6. The van der Waals surface area contributed by atoms with Gasteiger partial charge in [-0.3, -0.25) is 10.1 Å². The highest BCUT2D eigenvalue weighted by Crippen LogP contribution is 2.28. The number of fused-ring (bicyclic) bond motifs is 1. The molecule has 0 saturated heterocycles. The normalized spacial score (nSPS) is 11.3. The number of aromatic nitrogens is 1. The zero-order valence-electron chi connectivity index (χ0n) is 16.8. The fraction of sp³-hybridized carbons (Fsp3) is 0.0400. The number of nitro groups is 1. The van der Waals surface area contributed by atoms with Crippen LogP contribution in [0.5, 0.6) is 0 Å². The van der Waals surface area contributed by atoms with Crippen molar-refractivity contribution in [3.63, 3.8) is 0 Å². The van der Waals surface area contributed by atoms with Crippen LogP contribution in [-0.4, -0.2) is 15.5 Å². The predicted molar refractivity (Wildman–Crippen MR) is 118 cm³/mol. The predicted octanol–water partition coefficient (Wildman–Crippen LogP) is 4.03. The first-order chi connectivity index (χ1) is 15.5. The molecule has 4 rings (SSSR count). The molecule has 0 spiro atoms. The van der Waals surface area contributed by atoms with E-state index in [0.717, 1.165) is 22.0 Å². The molecule has 0 radical (unpaired) electrons. The van der Waals surface area contributed by atoms with Gasteiger partial charge in [-0.2, -0.15) is 5.26 Å². The maximum Gasteiger partial charge on any atom is 0.270 e. The highest BCUT2D eigenvalue weighted by molar-refractivity contribution is 5.98. The summed E-state index contributed by atoms with van der Waals surface area (Å²) in [6.07, 6.45) is 3.58. The monoisotopic (exact) mass is 422 g/mol. The van der Waals surface area contributed by atoms with Crippen molar-refractivity contribution in [1.29, 1.82) is 5.26 Å². The molecule has 4 aromatic rings. The van der Waals surface area contributed by atoms with E-state index >= 15 is 0 Å². The van der Waals surface area contributed by atoms with E-state index in [2.05, 4.69) is 6.07 Å². The van der Waals surface area contributed by atoms with Crippen LogP contribution < -0.4 is 5.11 Å². The SMILES string of the molecule is N#C/C(=C/c1cn(Cc2cccc(C(=O)[O-])c2)c2ccccc12)c1cccc([N+](=O)[O-])c1. The lowest BCUT2D eigenvalue weighted by Gasteiger charge is -2.08. The Morgan fingerprint density at radius 1 is 1.03 bits per heavy atom. The Morgan fingerprint density at radius 3 is 2.53 bits per heavy atom. The van der Waals surface area contributed by atoms with Crippen molar-refractivity contribution in [3.05, 3.63) is 111 Å². The lowest BCUT2D eigenvalue weighted by Crippen LogP contribution is -2.22. The van der Waals surface area contributed by atoms with E-state index in [4.69, 9.17) is 0 Å². The molecule has 0 bridgehead atoms. The Kier molecular flexibility index (Phi) is 5.51. The number of carboxylic acids is 1. The fourth-order valence-corrected chi connectivity index (χ4v) is 3.64. The number of non-ortho nitro benzene ring substituents is 1. The summed E-state index contributed by atoms with van der Waals surface area (Å²) in [5, 5.41) is 32.9. The first-order valence-corrected chi connectivity index (χ1v) is 9.71. The van der Waals surface area contributed by atoms with Gasteiger partial charge < -0.3 is 14.5 Å². The van der Waals surface area contributed by atoms with Crippen molar-refractivity contribution < 1.29 is 14.8 Å². The molecule has 0 N–H and O–H groups in total. The standard InChI is InChI=1S/C25H17N3O4/c26-14-20(18-6-4-8-22(13-18)28(31)32)12-21-16-27(24-10-2-1-9-23(21)24)15-17-5-3-7-19(11-17)25(29)30/h1-13,16H,15H2,(H,29,30)/p-1/b20-12-. The van der Waals surface area contributed by atoms with Gasteiger partial charge in [0.2, 0.25) is 0 Å². The number of para-hydroxylation sites is 1. The van der Waals surface area contributed by atoms with Gasteiger partial charge >= 0.3 is 0 Å². The van der Waals surface area contributed by atoms with Gasteiger partial charge in [0.05, 0.1) is 22.5 Å².